The quantitative estimate of drug-likeness (QED) is 0.820. The summed E-state index contributed by atoms with van der Waals surface area (Å²) in [5, 5.41) is 2.81. The highest BCUT2D eigenvalue weighted by atomic mass is 19.1. The second-order valence-corrected chi connectivity index (χ2v) is 8.57. The van der Waals surface area contributed by atoms with E-state index in [2.05, 4.69) is 28.2 Å². The van der Waals surface area contributed by atoms with Crippen molar-refractivity contribution in [3.05, 3.63) is 58.5 Å². The van der Waals surface area contributed by atoms with E-state index in [1.165, 1.54) is 17.7 Å². The number of nitrogens with one attached hydrogen (secondary N) is 1. The molecule has 3 heterocycles. The number of amides is 2. The Hall–Kier alpha value is -2.96. The molecule has 2 aliphatic heterocycles. The average molecular weight is 425 g/mol. The summed E-state index contributed by atoms with van der Waals surface area (Å²) in [6.07, 6.45) is 2.77. The SMILES string of the molecule is CCc1cc(C)cnc1N1CCN(C(=O)c2ccc([C@@H]3C(=O)NCC3C)cc2F)CC1. The number of aryl methyl sites for hydroxylation is 2. The Balaban J connectivity index is 1.45. The van der Waals surface area contributed by atoms with E-state index in [1.807, 2.05) is 20.0 Å². The molecule has 2 aromatic rings. The molecule has 2 amide bonds. The second kappa shape index (κ2) is 8.65. The van der Waals surface area contributed by atoms with Crippen molar-refractivity contribution >= 4 is 17.6 Å². The minimum Gasteiger partial charge on any atom is -0.355 e. The van der Waals surface area contributed by atoms with E-state index in [4.69, 9.17) is 0 Å². The van der Waals surface area contributed by atoms with Crippen molar-refractivity contribution in [3.8, 4) is 0 Å². The van der Waals surface area contributed by atoms with E-state index < -0.39 is 5.82 Å². The van der Waals surface area contributed by atoms with Gasteiger partial charge in [0.15, 0.2) is 0 Å². The molecule has 6 nitrogen and oxygen atoms in total. The fourth-order valence-electron chi connectivity index (χ4n) is 4.59. The van der Waals surface area contributed by atoms with Crippen LogP contribution in [0, 0.1) is 18.7 Å². The van der Waals surface area contributed by atoms with Crippen molar-refractivity contribution in [1.29, 1.82) is 0 Å². The van der Waals surface area contributed by atoms with Crippen LogP contribution in [-0.4, -0.2) is 54.4 Å². The first-order valence-corrected chi connectivity index (χ1v) is 11.0. The number of carbonyl (C=O) groups excluding carboxylic acids is 2. The third kappa shape index (κ3) is 4.13. The molecule has 2 saturated heterocycles. The Bertz CT molecular complexity index is 1000. The van der Waals surface area contributed by atoms with Gasteiger partial charge in [-0.2, -0.15) is 0 Å². The lowest BCUT2D eigenvalue weighted by Gasteiger charge is -2.36. The number of nitrogens with zero attached hydrogens (tertiary/aromatic N) is 3. The van der Waals surface area contributed by atoms with Crippen LogP contribution in [0.25, 0.3) is 0 Å². The third-order valence-corrected chi connectivity index (χ3v) is 6.36. The minimum absolute atomic E-state index is 0.0611. The Kier molecular flexibility index (Phi) is 5.94. The van der Waals surface area contributed by atoms with Gasteiger partial charge in [-0.15, -0.1) is 0 Å². The normalized spacial score (nSPS) is 21.4. The van der Waals surface area contributed by atoms with Crippen LogP contribution in [-0.2, 0) is 11.2 Å². The van der Waals surface area contributed by atoms with Crippen molar-refractivity contribution in [1.82, 2.24) is 15.2 Å². The molecule has 31 heavy (non-hydrogen) atoms. The van der Waals surface area contributed by atoms with Crippen LogP contribution in [0.2, 0.25) is 0 Å². The largest absolute Gasteiger partial charge is 0.355 e. The molecule has 4 rings (SSSR count). The molecule has 2 aliphatic rings. The van der Waals surface area contributed by atoms with Crippen LogP contribution in [0.4, 0.5) is 10.2 Å². The summed E-state index contributed by atoms with van der Waals surface area (Å²) in [6, 6.07) is 6.73. The van der Waals surface area contributed by atoms with Gasteiger partial charge in [-0.25, -0.2) is 9.37 Å². The van der Waals surface area contributed by atoms with Gasteiger partial charge in [0.2, 0.25) is 5.91 Å². The number of pyridine rings is 1. The zero-order chi connectivity index (χ0) is 22.1. The standard InChI is InChI=1S/C24H29FN4O2/c1-4-17-11-15(2)13-26-22(17)28-7-9-29(10-8-28)24(31)19-6-5-18(12-20(19)25)21-16(3)14-27-23(21)30/h5-6,11-13,16,21H,4,7-10,14H2,1-3H3,(H,27,30)/t16?,21-/m1/s1. The number of halogens is 1. The molecular weight excluding hydrogens is 395 g/mol. The molecule has 1 aromatic heterocycles. The molecule has 0 bridgehead atoms. The topological polar surface area (TPSA) is 65.5 Å². The lowest BCUT2D eigenvalue weighted by molar-refractivity contribution is -0.120. The Morgan fingerprint density at radius 3 is 2.58 bits per heavy atom. The van der Waals surface area contributed by atoms with Crippen molar-refractivity contribution in [2.75, 3.05) is 37.6 Å². The number of anilines is 1. The van der Waals surface area contributed by atoms with Crippen LogP contribution < -0.4 is 10.2 Å². The highest BCUT2D eigenvalue weighted by Crippen LogP contribution is 2.30. The summed E-state index contributed by atoms with van der Waals surface area (Å²) in [5.41, 5.74) is 3.02. The molecular formula is C24H29FN4O2. The summed E-state index contributed by atoms with van der Waals surface area (Å²) >= 11 is 0. The highest BCUT2D eigenvalue weighted by molar-refractivity contribution is 5.95. The van der Waals surface area contributed by atoms with E-state index in [9.17, 15) is 14.0 Å². The number of carbonyl (C=O) groups is 2. The molecule has 7 heteroatoms. The lowest BCUT2D eigenvalue weighted by atomic mass is 9.89. The van der Waals surface area contributed by atoms with Gasteiger partial charge in [-0.1, -0.05) is 26.0 Å². The van der Waals surface area contributed by atoms with Crippen molar-refractivity contribution in [3.63, 3.8) is 0 Å². The Morgan fingerprint density at radius 1 is 1.23 bits per heavy atom. The molecule has 1 N–H and O–H groups in total. The predicted molar refractivity (Wildman–Crippen MR) is 118 cm³/mol. The van der Waals surface area contributed by atoms with Crippen LogP contribution in [0.15, 0.2) is 30.5 Å². The van der Waals surface area contributed by atoms with E-state index >= 15 is 0 Å². The maximum absolute atomic E-state index is 14.8. The van der Waals surface area contributed by atoms with Crippen LogP contribution in [0.3, 0.4) is 0 Å². The van der Waals surface area contributed by atoms with Crippen molar-refractivity contribution in [2.45, 2.75) is 33.1 Å². The molecule has 1 aromatic carbocycles. The molecule has 164 valence electrons. The van der Waals surface area contributed by atoms with Crippen molar-refractivity contribution in [2.24, 2.45) is 5.92 Å². The summed E-state index contributed by atoms with van der Waals surface area (Å²) in [5.74, 6) is -0.245. The smallest absolute Gasteiger partial charge is 0.256 e. The molecule has 1 unspecified atom stereocenters. The van der Waals surface area contributed by atoms with Gasteiger partial charge in [0.1, 0.15) is 11.6 Å². The van der Waals surface area contributed by atoms with E-state index in [0.717, 1.165) is 17.8 Å². The van der Waals surface area contributed by atoms with Gasteiger partial charge in [-0.3, -0.25) is 9.59 Å². The molecule has 2 atom stereocenters. The van der Waals surface area contributed by atoms with Crippen LogP contribution in [0.5, 0.6) is 0 Å². The first-order valence-electron chi connectivity index (χ1n) is 11.0. The maximum atomic E-state index is 14.8. The Labute approximate surface area is 182 Å². The van der Waals surface area contributed by atoms with Gasteiger partial charge in [0.25, 0.3) is 5.91 Å². The Morgan fingerprint density at radius 2 is 1.97 bits per heavy atom. The summed E-state index contributed by atoms with van der Waals surface area (Å²) in [6.45, 7) is 9.05. The van der Waals surface area contributed by atoms with Gasteiger partial charge in [0.05, 0.1) is 11.5 Å². The van der Waals surface area contributed by atoms with Gasteiger partial charge < -0.3 is 15.1 Å². The molecule has 0 radical (unpaired) electrons. The average Bonchev–Trinajstić information content (AvgIpc) is 3.11. The molecule has 0 spiro atoms. The van der Waals surface area contributed by atoms with E-state index in [1.54, 1.807) is 11.0 Å². The fraction of sp³-hybridized carbons (Fsp3) is 0.458. The predicted octanol–water partition coefficient (Wildman–Crippen LogP) is 2.90. The van der Waals surface area contributed by atoms with Crippen LogP contribution in [0.1, 0.15) is 46.8 Å². The van der Waals surface area contributed by atoms with Gasteiger partial charge in [-0.05, 0) is 48.1 Å². The van der Waals surface area contributed by atoms with Crippen molar-refractivity contribution < 1.29 is 14.0 Å². The zero-order valence-electron chi connectivity index (χ0n) is 18.3. The minimum atomic E-state index is -0.565. The third-order valence-electron chi connectivity index (χ3n) is 6.36. The summed E-state index contributed by atoms with van der Waals surface area (Å²) in [7, 11) is 0. The fourth-order valence-corrected chi connectivity index (χ4v) is 4.59. The van der Waals surface area contributed by atoms with Gasteiger partial charge in [0, 0.05) is 38.9 Å². The number of hydrogen-bond acceptors (Lipinski definition) is 4. The van der Waals surface area contributed by atoms with Gasteiger partial charge >= 0.3 is 0 Å². The molecule has 2 fully saturated rings. The zero-order valence-corrected chi connectivity index (χ0v) is 18.3. The number of aromatic nitrogens is 1. The summed E-state index contributed by atoms with van der Waals surface area (Å²) < 4.78 is 14.8. The number of rotatable bonds is 4. The summed E-state index contributed by atoms with van der Waals surface area (Å²) in [4.78, 5) is 33.5. The first kappa shape index (κ1) is 21.3. The maximum Gasteiger partial charge on any atom is 0.256 e. The van der Waals surface area contributed by atoms with Crippen LogP contribution >= 0.6 is 0 Å². The molecule has 0 aliphatic carbocycles. The second-order valence-electron chi connectivity index (χ2n) is 8.57. The monoisotopic (exact) mass is 424 g/mol. The van der Waals surface area contributed by atoms with E-state index in [0.29, 0.717) is 38.3 Å². The lowest BCUT2D eigenvalue weighted by Crippen LogP contribution is -2.49. The highest BCUT2D eigenvalue weighted by Gasteiger charge is 2.34. The number of hydrogen-bond donors (Lipinski definition) is 1. The molecule has 0 saturated carbocycles. The first-order chi connectivity index (χ1) is 14.9. The number of piperazine rings is 1. The van der Waals surface area contributed by atoms with E-state index in [-0.39, 0.29) is 29.2 Å². The number of benzene rings is 1.